The lowest BCUT2D eigenvalue weighted by Gasteiger charge is -2.40. The molecule has 8 heteroatoms. The van der Waals surface area contributed by atoms with Crippen molar-refractivity contribution >= 4 is 102 Å². The molecule has 0 saturated carbocycles. The number of rotatable bonds is 3. The van der Waals surface area contributed by atoms with Crippen LogP contribution in [-0.2, 0) is 5.60 Å². The average Bonchev–Trinajstić information content (AvgIpc) is 2.84. The summed E-state index contributed by atoms with van der Waals surface area (Å²) in [7, 11) is 8.40. The summed E-state index contributed by atoms with van der Waals surface area (Å²) < 4.78 is 2.19. The molecule has 0 saturated heterocycles. The summed E-state index contributed by atoms with van der Waals surface area (Å²) in [5.74, 6) is 0.117. The molecule has 1 aliphatic rings. The predicted octanol–water partition coefficient (Wildman–Crippen LogP) is 1.98. The highest BCUT2D eigenvalue weighted by atomic mass is 79.9. The van der Waals surface area contributed by atoms with Crippen LogP contribution in [0.4, 0.5) is 0 Å². The van der Waals surface area contributed by atoms with Crippen LogP contribution in [0.1, 0.15) is 57.7 Å². The molecule has 0 spiro atoms. The molecular formula is C28H31B4Br2ClO. The molecule has 2 atom stereocenters. The average molecular weight is 622 g/mol. The lowest BCUT2D eigenvalue weighted by molar-refractivity contribution is 0.0683. The molecule has 1 aliphatic carbocycles. The molecule has 3 aromatic carbocycles. The van der Waals surface area contributed by atoms with E-state index in [1.165, 1.54) is 38.7 Å². The molecule has 0 aromatic heterocycles. The zero-order chi connectivity index (χ0) is 26.7. The monoisotopic (exact) mass is 620 g/mol. The number of allylic oxidation sites excluding steroid dienone is 1. The zero-order valence-corrected chi connectivity index (χ0v) is 26.4. The molecule has 3 aromatic rings. The second-order valence-electron chi connectivity index (χ2n) is 10.6. The summed E-state index contributed by atoms with van der Waals surface area (Å²) >= 11 is 14.8. The Morgan fingerprint density at radius 2 is 1.44 bits per heavy atom. The van der Waals surface area contributed by atoms with Crippen LogP contribution in [0.2, 0.25) is 5.02 Å². The molecule has 0 radical (unpaired) electrons. The fraction of sp³-hybridized carbons (Fsp3) is 0.286. The third-order valence-electron chi connectivity index (χ3n) is 8.77. The minimum atomic E-state index is -1.20. The van der Waals surface area contributed by atoms with Gasteiger partial charge in [0.15, 0.2) is 0 Å². The number of hydrogen-bond acceptors (Lipinski definition) is 1. The van der Waals surface area contributed by atoms with Crippen molar-refractivity contribution in [3.8, 4) is 0 Å². The molecule has 0 heterocycles. The van der Waals surface area contributed by atoms with Crippen molar-refractivity contribution in [2.24, 2.45) is 0 Å². The summed E-state index contributed by atoms with van der Waals surface area (Å²) in [6.07, 6.45) is 3.49. The van der Waals surface area contributed by atoms with E-state index in [0.717, 1.165) is 43.0 Å². The van der Waals surface area contributed by atoms with Crippen molar-refractivity contribution in [2.45, 2.75) is 52.1 Å². The van der Waals surface area contributed by atoms with Crippen molar-refractivity contribution in [3.63, 3.8) is 0 Å². The molecule has 1 N–H and O–H groups in total. The van der Waals surface area contributed by atoms with Crippen molar-refractivity contribution in [1.29, 1.82) is 0 Å². The Balaban J connectivity index is 2.03. The van der Waals surface area contributed by atoms with E-state index >= 15 is 0 Å². The van der Waals surface area contributed by atoms with Crippen molar-refractivity contribution < 1.29 is 5.11 Å². The van der Waals surface area contributed by atoms with E-state index < -0.39 is 5.60 Å². The van der Waals surface area contributed by atoms with Gasteiger partial charge in [-0.15, -0.1) is 10.9 Å². The highest BCUT2D eigenvalue weighted by Gasteiger charge is 2.40. The first-order chi connectivity index (χ1) is 16.8. The normalized spacial score (nSPS) is 19.9. The molecular weight excluding hydrogens is 591 g/mol. The Morgan fingerprint density at radius 3 is 2.08 bits per heavy atom. The van der Waals surface area contributed by atoms with Gasteiger partial charge in [-0.3, -0.25) is 0 Å². The Kier molecular flexibility index (Phi) is 7.91. The van der Waals surface area contributed by atoms with Gasteiger partial charge in [0.2, 0.25) is 0 Å². The maximum atomic E-state index is 12.6. The number of halogens is 3. The lowest BCUT2D eigenvalue weighted by atomic mass is 9.61. The molecule has 0 fully saturated rings. The van der Waals surface area contributed by atoms with Crippen LogP contribution in [0.5, 0.6) is 0 Å². The van der Waals surface area contributed by atoms with E-state index in [9.17, 15) is 5.11 Å². The van der Waals surface area contributed by atoms with E-state index in [2.05, 4.69) is 115 Å². The van der Waals surface area contributed by atoms with Gasteiger partial charge in [-0.1, -0.05) is 72.6 Å². The van der Waals surface area contributed by atoms with Crippen molar-refractivity contribution in [2.75, 3.05) is 0 Å². The van der Waals surface area contributed by atoms with Crippen molar-refractivity contribution in [3.05, 3.63) is 83.3 Å². The number of benzene rings is 3. The van der Waals surface area contributed by atoms with Gasteiger partial charge in [0, 0.05) is 14.0 Å². The van der Waals surface area contributed by atoms with Gasteiger partial charge >= 0.3 is 0 Å². The van der Waals surface area contributed by atoms with E-state index in [1.54, 1.807) is 0 Å². The van der Waals surface area contributed by atoms with Crippen LogP contribution in [0.25, 0.3) is 5.57 Å². The van der Waals surface area contributed by atoms with Gasteiger partial charge in [-0.25, -0.2) is 0 Å². The van der Waals surface area contributed by atoms with E-state index in [1.807, 2.05) is 6.07 Å². The molecule has 4 rings (SSSR count). The van der Waals surface area contributed by atoms with E-state index in [0.29, 0.717) is 11.4 Å². The van der Waals surface area contributed by atoms with E-state index in [-0.39, 0.29) is 5.92 Å². The molecule has 2 unspecified atom stereocenters. The molecule has 36 heavy (non-hydrogen) atoms. The maximum absolute atomic E-state index is 12.6. The minimum absolute atomic E-state index is 0.117. The summed E-state index contributed by atoms with van der Waals surface area (Å²) in [4.78, 5) is 0. The fourth-order valence-electron chi connectivity index (χ4n) is 5.97. The van der Waals surface area contributed by atoms with Gasteiger partial charge in [0.25, 0.3) is 0 Å². The van der Waals surface area contributed by atoms with Crippen LogP contribution in [0.3, 0.4) is 0 Å². The predicted molar refractivity (Wildman–Crippen MR) is 175 cm³/mol. The van der Waals surface area contributed by atoms with Gasteiger partial charge in [0.05, 0.1) is 0 Å². The quantitative estimate of drug-likeness (QED) is 0.444. The fourth-order valence-corrected chi connectivity index (χ4v) is 7.87. The molecule has 182 valence electrons. The zero-order valence-electron chi connectivity index (χ0n) is 22.5. The Hall–Kier alpha value is -1.13. The Bertz CT molecular complexity index is 1380. The van der Waals surface area contributed by atoms with Gasteiger partial charge < -0.3 is 5.11 Å². The van der Waals surface area contributed by atoms with Crippen molar-refractivity contribution in [1.82, 2.24) is 0 Å². The van der Waals surface area contributed by atoms with Crippen LogP contribution < -0.4 is 21.9 Å². The molecule has 0 amide bonds. The maximum Gasteiger partial charge on any atom is 0.140 e. The van der Waals surface area contributed by atoms with Crippen LogP contribution >= 0.6 is 43.5 Å². The molecule has 0 bridgehead atoms. The first kappa shape index (κ1) is 27.9. The standard InChI is InChI=1S/C28H31B4Br2ClO/c1-12-13(2)15(4)26(34)20(14(12)3)17-9-16(18-7-5-6-8-19(18)33)10-28(36,11-17)21-22(29)23(30)24(31)25(32)27(21)35/h5-8,10,17,36H,9,11,29-32H2,1-4H3. The van der Waals surface area contributed by atoms with Crippen LogP contribution in [-0.4, -0.2) is 36.5 Å². The second kappa shape index (κ2) is 10.2. The minimum Gasteiger partial charge on any atom is -0.381 e. The Morgan fingerprint density at radius 1 is 0.861 bits per heavy atom. The van der Waals surface area contributed by atoms with Crippen LogP contribution in [0, 0.1) is 27.7 Å². The summed E-state index contributed by atoms with van der Waals surface area (Å²) in [5, 5.41) is 13.3. The van der Waals surface area contributed by atoms with Gasteiger partial charge in [-0.2, -0.15) is 0 Å². The smallest absolute Gasteiger partial charge is 0.140 e. The first-order valence-corrected chi connectivity index (χ1v) is 14.5. The topological polar surface area (TPSA) is 20.2 Å². The lowest BCUT2D eigenvalue weighted by Crippen LogP contribution is -2.52. The summed E-state index contributed by atoms with van der Waals surface area (Å²) in [5.41, 5.74) is 12.9. The summed E-state index contributed by atoms with van der Waals surface area (Å²) in [6.45, 7) is 8.80. The SMILES string of the molecule is Bc1c(B)c(B)c(C2(O)C=C(c3ccccc3Br)CC(c3c(C)c(C)c(C)c(C)c3Br)C2)c(Cl)c1B. The third kappa shape index (κ3) is 4.53. The highest BCUT2D eigenvalue weighted by Crippen LogP contribution is 2.50. The third-order valence-corrected chi connectivity index (χ3v) is 11.0. The largest absolute Gasteiger partial charge is 0.381 e. The van der Waals surface area contributed by atoms with Crippen LogP contribution in [0.15, 0.2) is 39.3 Å². The summed E-state index contributed by atoms with van der Waals surface area (Å²) in [6, 6.07) is 8.29. The highest BCUT2D eigenvalue weighted by molar-refractivity contribution is 9.10. The Labute approximate surface area is 241 Å². The number of aliphatic hydroxyl groups is 1. The van der Waals surface area contributed by atoms with E-state index in [4.69, 9.17) is 11.6 Å². The molecule has 0 aliphatic heterocycles. The number of hydrogen-bond donors (Lipinski definition) is 1. The molecule has 1 nitrogen and oxygen atoms in total. The van der Waals surface area contributed by atoms with Gasteiger partial charge in [-0.05, 0) is 103 Å². The first-order valence-electron chi connectivity index (χ1n) is 12.5. The van der Waals surface area contributed by atoms with Gasteiger partial charge in [0.1, 0.15) is 37.0 Å². The second-order valence-corrected chi connectivity index (χ2v) is 12.6.